The molecule has 0 N–H and O–H groups in total. The van der Waals surface area contributed by atoms with Crippen LogP contribution in [0.15, 0.2) is 53.7 Å². The lowest BCUT2D eigenvalue weighted by atomic mass is 10.2. The predicted molar refractivity (Wildman–Crippen MR) is 97.1 cm³/mol. The molecule has 2 aromatic carbocycles. The molecule has 0 saturated heterocycles. The highest BCUT2D eigenvalue weighted by molar-refractivity contribution is 7.89. The van der Waals surface area contributed by atoms with Gasteiger partial charge in [0.25, 0.3) is 10.0 Å². The maximum Gasteiger partial charge on any atom is 0.284 e. The molecule has 9 heteroatoms. The molecule has 3 aromatic rings. The van der Waals surface area contributed by atoms with E-state index in [1.807, 2.05) is 27.7 Å². The van der Waals surface area contributed by atoms with Gasteiger partial charge < -0.3 is 0 Å². The summed E-state index contributed by atoms with van der Waals surface area (Å²) in [6, 6.07) is 7.23. The predicted octanol–water partition coefficient (Wildman–Crippen LogP) is 4.65. The number of nitrogens with zero attached hydrogens (tertiary/aromatic N) is 3. The van der Waals surface area contributed by atoms with Gasteiger partial charge in [0.15, 0.2) is 5.82 Å². The number of rotatable bonds is 3. The summed E-state index contributed by atoms with van der Waals surface area (Å²) in [5.41, 5.74) is -0.527. The second-order valence-electron chi connectivity index (χ2n) is 4.50. The molecule has 0 atom stereocenters. The summed E-state index contributed by atoms with van der Waals surface area (Å²) < 4.78 is 65.4. The lowest BCUT2D eigenvalue weighted by Gasteiger charge is -2.03. The van der Waals surface area contributed by atoms with Crippen molar-refractivity contribution in [1.82, 2.24) is 14.2 Å². The average Bonchev–Trinajstić information content (AvgIpc) is 3.16. The van der Waals surface area contributed by atoms with Crippen LogP contribution in [0.1, 0.15) is 27.7 Å². The molecule has 0 aliphatic rings. The third-order valence-corrected chi connectivity index (χ3v) is 4.55. The van der Waals surface area contributed by atoms with E-state index in [1.165, 1.54) is 6.07 Å². The Labute approximate surface area is 156 Å². The van der Waals surface area contributed by atoms with E-state index in [1.54, 1.807) is 0 Å². The minimum atomic E-state index is -4.14. The lowest BCUT2D eigenvalue weighted by Crippen LogP contribution is -2.13. The Morgan fingerprint density at radius 1 is 0.852 bits per heavy atom. The monoisotopic (exact) mass is 399 g/mol. The van der Waals surface area contributed by atoms with Crippen molar-refractivity contribution in [2.45, 2.75) is 32.6 Å². The summed E-state index contributed by atoms with van der Waals surface area (Å²) in [7, 11) is -4.14. The van der Waals surface area contributed by atoms with Gasteiger partial charge in [0.05, 0.1) is 10.5 Å². The lowest BCUT2D eigenvalue weighted by molar-refractivity contribution is 0.576. The standard InChI is InChI=1S/C14H8F3N3O2S.2C2H6/c15-9-4-6-10(7-5-9)23(21,22)20-8-18-14(19-20)13-11(16)2-1-3-12(13)17;2*1-2/h1-8H;2*1-2H3. The highest BCUT2D eigenvalue weighted by Gasteiger charge is 2.22. The summed E-state index contributed by atoms with van der Waals surface area (Å²) in [5.74, 6) is -2.84. The number of benzene rings is 2. The fourth-order valence-corrected chi connectivity index (χ4v) is 2.96. The zero-order chi connectivity index (χ0) is 20.6. The van der Waals surface area contributed by atoms with E-state index in [0.29, 0.717) is 4.09 Å². The smallest absolute Gasteiger partial charge is 0.214 e. The van der Waals surface area contributed by atoms with Crippen LogP contribution < -0.4 is 0 Å². The van der Waals surface area contributed by atoms with Crippen LogP contribution in [0.5, 0.6) is 0 Å². The van der Waals surface area contributed by atoms with Crippen LogP contribution in [0.4, 0.5) is 13.2 Å². The molecule has 27 heavy (non-hydrogen) atoms. The highest BCUT2D eigenvalue weighted by Crippen LogP contribution is 2.23. The second-order valence-corrected chi connectivity index (χ2v) is 6.29. The Bertz CT molecular complexity index is 952. The van der Waals surface area contributed by atoms with Crippen LogP contribution in [-0.2, 0) is 10.0 Å². The van der Waals surface area contributed by atoms with Gasteiger partial charge in [-0.25, -0.2) is 18.2 Å². The van der Waals surface area contributed by atoms with E-state index in [2.05, 4.69) is 10.1 Å². The maximum atomic E-state index is 13.7. The van der Waals surface area contributed by atoms with Gasteiger partial charge >= 0.3 is 0 Å². The third-order valence-electron chi connectivity index (χ3n) is 3.02. The summed E-state index contributed by atoms with van der Waals surface area (Å²) in [5, 5.41) is 3.62. The molecule has 0 unspecified atom stereocenters. The van der Waals surface area contributed by atoms with Crippen molar-refractivity contribution in [3.05, 3.63) is 66.2 Å². The van der Waals surface area contributed by atoms with Crippen molar-refractivity contribution < 1.29 is 21.6 Å². The molecule has 0 aliphatic carbocycles. The Kier molecular flexibility index (Phi) is 8.17. The minimum Gasteiger partial charge on any atom is -0.214 e. The Hall–Kier alpha value is -2.68. The zero-order valence-corrected chi connectivity index (χ0v) is 16.1. The average molecular weight is 399 g/mol. The van der Waals surface area contributed by atoms with Crippen molar-refractivity contribution in [3.8, 4) is 11.4 Å². The second kappa shape index (κ2) is 9.86. The van der Waals surface area contributed by atoms with E-state index in [0.717, 1.165) is 42.7 Å². The fraction of sp³-hybridized carbons (Fsp3) is 0.222. The number of aromatic nitrogens is 3. The number of halogens is 3. The van der Waals surface area contributed by atoms with E-state index in [4.69, 9.17) is 0 Å². The molecule has 0 radical (unpaired) electrons. The molecule has 146 valence electrons. The van der Waals surface area contributed by atoms with Gasteiger partial charge in [-0.05, 0) is 36.4 Å². The first-order valence-corrected chi connectivity index (χ1v) is 9.71. The number of hydrogen-bond donors (Lipinski definition) is 0. The summed E-state index contributed by atoms with van der Waals surface area (Å²) in [6.07, 6.45) is 0.819. The molecule has 0 aliphatic heterocycles. The summed E-state index contributed by atoms with van der Waals surface area (Å²) >= 11 is 0. The zero-order valence-electron chi connectivity index (χ0n) is 15.3. The third kappa shape index (κ3) is 4.94. The molecule has 1 aromatic heterocycles. The van der Waals surface area contributed by atoms with Gasteiger partial charge in [-0.3, -0.25) is 0 Å². The SMILES string of the molecule is CC.CC.O=S(=O)(c1ccc(F)cc1)n1cnc(-c2c(F)cccc2F)n1. The molecule has 1 heterocycles. The quantitative estimate of drug-likeness (QED) is 0.643. The van der Waals surface area contributed by atoms with Crippen molar-refractivity contribution in [2.75, 3.05) is 0 Å². The van der Waals surface area contributed by atoms with Gasteiger partial charge in [-0.1, -0.05) is 33.8 Å². The summed E-state index contributed by atoms with van der Waals surface area (Å²) in [4.78, 5) is 3.40. The van der Waals surface area contributed by atoms with E-state index < -0.39 is 38.9 Å². The van der Waals surface area contributed by atoms with Gasteiger partial charge in [-0.2, -0.15) is 8.42 Å². The molecule has 0 bridgehead atoms. The molecule has 0 saturated carbocycles. The molecule has 0 spiro atoms. The first-order chi connectivity index (χ1) is 12.9. The largest absolute Gasteiger partial charge is 0.284 e. The first-order valence-electron chi connectivity index (χ1n) is 8.27. The normalized spacial score (nSPS) is 10.3. The van der Waals surface area contributed by atoms with Crippen molar-refractivity contribution >= 4 is 10.0 Å². The van der Waals surface area contributed by atoms with Crippen LogP contribution in [0.2, 0.25) is 0 Å². The van der Waals surface area contributed by atoms with Crippen LogP contribution in [0.3, 0.4) is 0 Å². The van der Waals surface area contributed by atoms with Gasteiger partial charge in [-0.15, -0.1) is 9.19 Å². The van der Waals surface area contributed by atoms with Gasteiger partial charge in [0.1, 0.15) is 23.8 Å². The van der Waals surface area contributed by atoms with E-state index >= 15 is 0 Å². The Morgan fingerprint density at radius 2 is 1.37 bits per heavy atom. The molecule has 0 fully saturated rings. The van der Waals surface area contributed by atoms with E-state index in [9.17, 15) is 21.6 Å². The van der Waals surface area contributed by atoms with Crippen molar-refractivity contribution in [3.63, 3.8) is 0 Å². The first kappa shape index (κ1) is 22.4. The topological polar surface area (TPSA) is 64.8 Å². The molecule has 5 nitrogen and oxygen atoms in total. The van der Waals surface area contributed by atoms with Crippen molar-refractivity contribution in [1.29, 1.82) is 0 Å². The molecule has 3 rings (SSSR count). The molecular weight excluding hydrogens is 379 g/mol. The van der Waals surface area contributed by atoms with E-state index in [-0.39, 0.29) is 4.90 Å². The Morgan fingerprint density at radius 3 is 1.89 bits per heavy atom. The van der Waals surface area contributed by atoms with Crippen LogP contribution in [-0.4, -0.2) is 22.6 Å². The van der Waals surface area contributed by atoms with Crippen molar-refractivity contribution in [2.24, 2.45) is 0 Å². The minimum absolute atomic E-state index is 0.232. The van der Waals surface area contributed by atoms with Crippen LogP contribution in [0.25, 0.3) is 11.4 Å². The van der Waals surface area contributed by atoms with Crippen LogP contribution in [0, 0.1) is 17.5 Å². The fourth-order valence-electron chi connectivity index (χ4n) is 1.91. The van der Waals surface area contributed by atoms with Gasteiger partial charge in [0.2, 0.25) is 0 Å². The maximum absolute atomic E-state index is 13.7. The molecular formula is C18H20F3N3O2S. The Balaban J connectivity index is 0.000000855. The van der Waals surface area contributed by atoms with Crippen LogP contribution >= 0.6 is 0 Å². The molecule has 0 amide bonds. The highest BCUT2D eigenvalue weighted by atomic mass is 32.2. The number of hydrogen-bond acceptors (Lipinski definition) is 4. The van der Waals surface area contributed by atoms with Gasteiger partial charge in [0, 0.05) is 0 Å². The summed E-state index contributed by atoms with van der Waals surface area (Å²) in [6.45, 7) is 8.00.